The van der Waals surface area contributed by atoms with Crippen molar-refractivity contribution in [3.8, 4) is 6.07 Å². The fourth-order valence-electron chi connectivity index (χ4n) is 7.06. The zero-order chi connectivity index (χ0) is 31.8. The normalized spacial score (nSPS) is 24.5. The molecule has 0 unspecified atom stereocenters. The number of carbonyl (C=O) groups is 1. The van der Waals surface area contributed by atoms with E-state index in [2.05, 4.69) is 6.07 Å². The van der Waals surface area contributed by atoms with E-state index in [0.717, 1.165) is 11.1 Å². The number of Topliss-reactive ketones (excluding diaryl/α,β-unsaturated/α-hetero) is 1. The second-order valence-corrected chi connectivity index (χ2v) is 13.2. The van der Waals surface area contributed by atoms with Crippen molar-refractivity contribution in [2.45, 2.75) is 29.3 Å². The first-order chi connectivity index (χ1) is 21.7. The van der Waals surface area contributed by atoms with Gasteiger partial charge in [0.2, 0.25) is 0 Å². The van der Waals surface area contributed by atoms with Crippen LogP contribution in [0.2, 0.25) is 20.1 Å². The van der Waals surface area contributed by atoms with Crippen molar-refractivity contribution in [1.29, 1.82) is 5.26 Å². The maximum absolute atomic E-state index is 15.0. The Morgan fingerprint density at radius 2 is 1.11 bits per heavy atom. The predicted molar refractivity (Wildman–Crippen MR) is 181 cm³/mol. The van der Waals surface area contributed by atoms with Gasteiger partial charge in [-0.05, 0) is 89.3 Å². The van der Waals surface area contributed by atoms with Crippen molar-refractivity contribution in [3.63, 3.8) is 0 Å². The van der Waals surface area contributed by atoms with Gasteiger partial charge in [-0.3, -0.25) is 4.79 Å². The number of hydrogen-bond donors (Lipinski definition) is 1. The Hall–Kier alpha value is -3.62. The minimum Gasteiger partial charge on any atom is -0.384 e. The van der Waals surface area contributed by atoms with E-state index >= 15 is 0 Å². The summed E-state index contributed by atoms with van der Waals surface area (Å²) in [6, 6.07) is 40.3. The van der Waals surface area contributed by atoms with Gasteiger partial charge in [-0.25, -0.2) is 0 Å². The van der Waals surface area contributed by atoms with Gasteiger partial charge in [-0.1, -0.05) is 113 Å². The number of carbonyl (C=O) groups excluding carboxylic acids is 1. The Kier molecular flexibility index (Phi) is 8.81. The fourth-order valence-corrected chi connectivity index (χ4v) is 7.56. The molecule has 1 aliphatic rings. The summed E-state index contributed by atoms with van der Waals surface area (Å²) in [4.78, 5) is 15.0. The largest absolute Gasteiger partial charge is 0.384 e. The van der Waals surface area contributed by atoms with Crippen LogP contribution in [0.1, 0.15) is 50.9 Å². The molecule has 1 saturated carbocycles. The van der Waals surface area contributed by atoms with E-state index in [0.29, 0.717) is 36.8 Å². The van der Waals surface area contributed by atoms with Gasteiger partial charge < -0.3 is 5.11 Å². The van der Waals surface area contributed by atoms with Gasteiger partial charge in [0.05, 0.1) is 17.4 Å². The Morgan fingerprint density at radius 1 is 0.644 bits per heavy atom. The third-order valence-electron chi connectivity index (χ3n) is 9.10. The quantitative estimate of drug-likeness (QED) is 0.183. The summed E-state index contributed by atoms with van der Waals surface area (Å²) in [7, 11) is 0. The molecule has 5 atom stereocenters. The SMILES string of the molecule is N#C[C@]1(c2ccccc2)[C@H](c2ccc(Cl)cc2)C[C@](O)(c2ccc(Cl)cc2)[C@@H](C(=O)c2ccc(Cl)cc2)[C@@H]1c1ccc(Cl)cc1. The Balaban J connectivity index is 1.73. The standard InChI is InChI=1S/C38H27Cl4NO2/c39-29-14-6-24(7-15-29)33-22-38(45,28-12-20-32(42)21-13-28)35(36(44)26-10-18-31(41)19-11-26)34(25-8-16-30(40)17-9-25)37(33,23-43)27-4-2-1-3-5-27/h1-21,33-35,45H,22H2/t33-,34-,35+,37-,38-/m0/s1. The van der Waals surface area contributed by atoms with E-state index in [9.17, 15) is 15.2 Å². The molecule has 1 fully saturated rings. The Labute approximate surface area is 282 Å². The molecule has 1 aliphatic carbocycles. The molecule has 5 aromatic carbocycles. The van der Waals surface area contributed by atoms with Crippen LogP contribution in [0.25, 0.3) is 0 Å². The highest BCUT2D eigenvalue weighted by Crippen LogP contribution is 2.64. The topological polar surface area (TPSA) is 61.1 Å². The molecule has 7 heteroatoms. The summed E-state index contributed by atoms with van der Waals surface area (Å²) in [6.45, 7) is 0. The average Bonchev–Trinajstić information content (AvgIpc) is 3.06. The molecule has 6 rings (SSSR count). The molecular formula is C38H27Cl4NO2. The number of aliphatic hydroxyl groups is 1. The molecule has 0 spiro atoms. The highest BCUT2D eigenvalue weighted by atomic mass is 35.5. The van der Waals surface area contributed by atoms with Crippen molar-refractivity contribution < 1.29 is 9.90 Å². The number of ketones is 1. The molecule has 3 nitrogen and oxygen atoms in total. The molecule has 0 aliphatic heterocycles. The van der Waals surface area contributed by atoms with E-state index in [1.165, 1.54) is 0 Å². The summed E-state index contributed by atoms with van der Waals surface area (Å²) in [5, 5.41) is 26.7. The molecule has 0 amide bonds. The molecule has 5 aromatic rings. The van der Waals surface area contributed by atoms with Gasteiger partial charge in [0.15, 0.2) is 5.78 Å². The minimum atomic E-state index is -1.73. The maximum atomic E-state index is 15.0. The lowest BCUT2D eigenvalue weighted by Gasteiger charge is -2.56. The van der Waals surface area contributed by atoms with Crippen LogP contribution in [0.15, 0.2) is 127 Å². The number of halogens is 4. The van der Waals surface area contributed by atoms with E-state index in [1.807, 2.05) is 54.6 Å². The van der Waals surface area contributed by atoms with E-state index < -0.39 is 28.8 Å². The summed E-state index contributed by atoms with van der Waals surface area (Å²) < 4.78 is 0. The van der Waals surface area contributed by atoms with Gasteiger partial charge in [-0.15, -0.1) is 0 Å². The van der Waals surface area contributed by atoms with Crippen molar-refractivity contribution >= 4 is 52.2 Å². The summed E-state index contributed by atoms with van der Waals surface area (Å²) in [5.74, 6) is -2.82. The fraction of sp³-hybridized carbons (Fsp3) is 0.158. The second-order valence-electron chi connectivity index (χ2n) is 11.5. The zero-order valence-corrected chi connectivity index (χ0v) is 26.9. The number of nitrogens with zero attached hydrogens (tertiary/aromatic N) is 1. The van der Waals surface area contributed by atoms with Crippen LogP contribution in [0, 0.1) is 17.2 Å². The monoisotopic (exact) mass is 669 g/mol. The molecule has 0 radical (unpaired) electrons. The first-order valence-corrected chi connectivity index (χ1v) is 15.9. The van der Waals surface area contributed by atoms with Crippen LogP contribution in [-0.2, 0) is 11.0 Å². The number of benzene rings is 5. The van der Waals surface area contributed by atoms with Crippen molar-refractivity contribution in [1.82, 2.24) is 0 Å². The van der Waals surface area contributed by atoms with Gasteiger partial charge in [-0.2, -0.15) is 5.26 Å². The molecule has 1 N–H and O–H groups in total. The maximum Gasteiger partial charge on any atom is 0.169 e. The first-order valence-electron chi connectivity index (χ1n) is 14.4. The molecule has 0 aromatic heterocycles. The summed E-state index contributed by atoms with van der Waals surface area (Å²) >= 11 is 25.2. The first kappa shape index (κ1) is 31.4. The molecule has 0 heterocycles. The van der Waals surface area contributed by atoms with Crippen LogP contribution in [0.4, 0.5) is 0 Å². The molecular weight excluding hydrogens is 644 g/mol. The second kappa shape index (κ2) is 12.6. The Morgan fingerprint density at radius 3 is 1.62 bits per heavy atom. The highest BCUT2D eigenvalue weighted by molar-refractivity contribution is 6.31. The van der Waals surface area contributed by atoms with Gasteiger partial charge in [0, 0.05) is 37.5 Å². The highest BCUT2D eigenvalue weighted by Gasteiger charge is 2.64. The third-order valence-corrected chi connectivity index (χ3v) is 10.1. The molecule has 224 valence electrons. The van der Waals surface area contributed by atoms with Crippen LogP contribution < -0.4 is 0 Å². The van der Waals surface area contributed by atoms with Crippen LogP contribution >= 0.6 is 46.4 Å². The zero-order valence-electron chi connectivity index (χ0n) is 23.9. The Bertz CT molecular complexity index is 1850. The van der Waals surface area contributed by atoms with E-state index in [1.54, 1.807) is 72.8 Å². The average molecular weight is 671 g/mol. The van der Waals surface area contributed by atoms with Gasteiger partial charge in [0.25, 0.3) is 0 Å². The number of nitriles is 1. The lowest BCUT2D eigenvalue weighted by Crippen LogP contribution is -2.58. The number of hydrogen-bond acceptors (Lipinski definition) is 3. The molecule has 45 heavy (non-hydrogen) atoms. The lowest BCUT2D eigenvalue weighted by atomic mass is 9.46. The summed E-state index contributed by atoms with van der Waals surface area (Å²) in [5.41, 5.74) is 0.104. The predicted octanol–water partition coefficient (Wildman–Crippen LogP) is 10.4. The van der Waals surface area contributed by atoms with Crippen LogP contribution in [0.5, 0.6) is 0 Å². The third kappa shape index (κ3) is 5.67. The van der Waals surface area contributed by atoms with Crippen LogP contribution in [-0.4, -0.2) is 10.9 Å². The lowest BCUT2D eigenvalue weighted by molar-refractivity contribution is -0.0738. The number of rotatable bonds is 6. The van der Waals surface area contributed by atoms with Crippen molar-refractivity contribution in [2.24, 2.45) is 5.92 Å². The van der Waals surface area contributed by atoms with Crippen molar-refractivity contribution in [3.05, 3.63) is 175 Å². The van der Waals surface area contributed by atoms with E-state index in [4.69, 9.17) is 46.4 Å². The smallest absolute Gasteiger partial charge is 0.169 e. The molecule has 0 saturated heterocycles. The summed E-state index contributed by atoms with van der Waals surface area (Å²) in [6.07, 6.45) is 0.0623. The van der Waals surface area contributed by atoms with Crippen LogP contribution in [0.3, 0.4) is 0 Å². The molecule has 0 bridgehead atoms. The minimum absolute atomic E-state index is 0.0623. The van der Waals surface area contributed by atoms with Gasteiger partial charge >= 0.3 is 0 Å². The van der Waals surface area contributed by atoms with Gasteiger partial charge in [0.1, 0.15) is 5.60 Å². The van der Waals surface area contributed by atoms with Crippen molar-refractivity contribution in [2.75, 3.05) is 0 Å². The van der Waals surface area contributed by atoms with E-state index in [-0.39, 0.29) is 12.2 Å².